The largest absolute Gasteiger partial charge is 0.339 e. The van der Waals surface area contributed by atoms with Crippen LogP contribution in [0.15, 0.2) is 34.9 Å². The molecule has 1 aliphatic carbocycles. The van der Waals surface area contributed by atoms with Crippen LogP contribution in [-0.2, 0) is 6.54 Å². The van der Waals surface area contributed by atoms with Gasteiger partial charge in [0.05, 0.1) is 12.2 Å². The lowest BCUT2D eigenvalue weighted by atomic mass is 10.2. The molecule has 0 amide bonds. The van der Waals surface area contributed by atoms with Gasteiger partial charge < -0.3 is 4.52 Å². The number of benzene rings is 1. The van der Waals surface area contributed by atoms with Crippen molar-refractivity contribution in [2.75, 3.05) is 7.05 Å². The lowest BCUT2D eigenvalue weighted by Crippen LogP contribution is -2.22. The number of aromatic nitrogens is 3. The number of thiazole rings is 1. The lowest BCUT2D eigenvalue weighted by Gasteiger charge is -2.22. The van der Waals surface area contributed by atoms with Crippen LogP contribution in [0.25, 0.3) is 10.6 Å². The second-order valence-corrected chi connectivity index (χ2v) is 7.78. The van der Waals surface area contributed by atoms with Crippen LogP contribution in [0, 0.1) is 6.92 Å². The molecule has 0 radical (unpaired) electrons. The van der Waals surface area contributed by atoms with Gasteiger partial charge in [-0.1, -0.05) is 35.5 Å². The summed E-state index contributed by atoms with van der Waals surface area (Å²) in [5, 5.41) is 5.20. The SMILES string of the molecule is Cc1nc(-c2ccccc2)sc1C(C)N(C)Cc1noc(C2CC2)n1. The van der Waals surface area contributed by atoms with Gasteiger partial charge in [0.1, 0.15) is 5.01 Å². The Balaban J connectivity index is 1.49. The van der Waals surface area contributed by atoms with Gasteiger partial charge in [-0.2, -0.15) is 4.98 Å². The van der Waals surface area contributed by atoms with Crippen LogP contribution in [0.1, 0.15) is 54.0 Å². The average molecular weight is 354 g/mol. The Kier molecular flexibility index (Phi) is 4.39. The highest BCUT2D eigenvalue weighted by molar-refractivity contribution is 7.15. The van der Waals surface area contributed by atoms with Gasteiger partial charge in [0.15, 0.2) is 5.82 Å². The summed E-state index contributed by atoms with van der Waals surface area (Å²) in [7, 11) is 2.10. The van der Waals surface area contributed by atoms with Crippen LogP contribution in [0.3, 0.4) is 0 Å². The van der Waals surface area contributed by atoms with E-state index in [1.165, 1.54) is 23.3 Å². The molecule has 1 unspecified atom stereocenters. The highest BCUT2D eigenvalue weighted by Gasteiger charge is 2.30. The molecule has 3 aromatic rings. The van der Waals surface area contributed by atoms with E-state index in [0.29, 0.717) is 12.5 Å². The highest BCUT2D eigenvalue weighted by atomic mass is 32.1. The Morgan fingerprint density at radius 3 is 2.72 bits per heavy atom. The van der Waals surface area contributed by atoms with Crippen molar-refractivity contribution in [1.29, 1.82) is 0 Å². The molecule has 1 aromatic carbocycles. The van der Waals surface area contributed by atoms with Gasteiger partial charge in [-0.3, -0.25) is 4.90 Å². The third-order valence-electron chi connectivity index (χ3n) is 4.70. The van der Waals surface area contributed by atoms with Gasteiger partial charge >= 0.3 is 0 Å². The summed E-state index contributed by atoms with van der Waals surface area (Å²) < 4.78 is 5.36. The van der Waals surface area contributed by atoms with E-state index < -0.39 is 0 Å². The first kappa shape index (κ1) is 16.4. The minimum Gasteiger partial charge on any atom is -0.339 e. The van der Waals surface area contributed by atoms with E-state index in [-0.39, 0.29) is 6.04 Å². The van der Waals surface area contributed by atoms with Crippen LogP contribution in [0.4, 0.5) is 0 Å². The number of hydrogen-bond acceptors (Lipinski definition) is 6. The number of hydrogen-bond donors (Lipinski definition) is 0. The van der Waals surface area contributed by atoms with Crippen molar-refractivity contribution >= 4 is 11.3 Å². The maximum absolute atomic E-state index is 5.36. The number of nitrogens with zero attached hydrogens (tertiary/aromatic N) is 4. The van der Waals surface area contributed by atoms with Crippen molar-refractivity contribution in [2.45, 2.75) is 45.2 Å². The summed E-state index contributed by atoms with van der Waals surface area (Å²) >= 11 is 1.76. The van der Waals surface area contributed by atoms with Gasteiger partial charge in [-0.05, 0) is 33.7 Å². The van der Waals surface area contributed by atoms with Crippen LogP contribution >= 0.6 is 11.3 Å². The second-order valence-electron chi connectivity index (χ2n) is 6.75. The Labute approximate surface area is 151 Å². The summed E-state index contributed by atoms with van der Waals surface area (Å²) in [6.45, 7) is 4.97. The van der Waals surface area contributed by atoms with Crippen LogP contribution in [-0.4, -0.2) is 27.1 Å². The van der Waals surface area contributed by atoms with Crippen molar-refractivity contribution in [1.82, 2.24) is 20.0 Å². The standard InChI is InChI=1S/C19H22N4OS/c1-12-17(25-19(20-12)15-7-5-4-6-8-15)13(2)23(3)11-16-21-18(24-22-16)14-9-10-14/h4-8,13-14H,9-11H2,1-3H3. The Bertz CT molecular complexity index is 853. The number of aryl methyl sites for hydroxylation is 1. The average Bonchev–Trinajstić information content (AvgIpc) is 3.25. The zero-order chi connectivity index (χ0) is 17.4. The first-order valence-corrected chi connectivity index (χ1v) is 9.49. The van der Waals surface area contributed by atoms with Gasteiger partial charge in [0.2, 0.25) is 5.89 Å². The quantitative estimate of drug-likeness (QED) is 0.649. The topological polar surface area (TPSA) is 55.1 Å². The predicted molar refractivity (Wildman–Crippen MR) is 98.4 cm³/mol. The molecule has 1 aliphatic rings. The molecule has 25 heavy (non-hydrogen) atoms. The minimum atomic E-state index is 0.248. The summed E-state index contributed by atoms with van der Waals surface area (Å²) in [6, 6.07) is 10.6. The maximum Gasteiger partial charge on any atom is 0.229 e. The molecule has 0 N–H and O–H groups in total. The van der Waals surface area contributed by atoms with Gasteiger partial charge in [-0.25, -0.2) is 4.98 Å². The fraction of sp³-hybridized carbons (Fsp3) is 0.421. The molecule has 1 fully saturated rings. The molecule has 6 heteroatoms. The molecule has 0 bridgehead atoms. The normalized spacial score (nSPS) is 15.7. The predicted octanol–water partition coefficient (Wildman–Crippen LogP) is 4.57. The fourth-order valence-corrected chi connectivity index (χ4v) is 4.08. The second kappa shape index (κ2) is 6.69. The van der Waals surface area contributed by atoms with E-state index in [9.17, 15) is 0 Å². The molecule has 1 saturated carbocycles. The molecular weight excluding hydrogens is 332 g/mol. The van der Waals surface area contributed by atoms with E-state index in [4.69, 9.17) is 9.51 Å². The van der Waals surface area contributed by atoms with Crippen LogP contribution < -0.4 is 0 Å². The van der Waals surface area contributed by atoms with Crippen molar-refractivity contribution in [2.24, 2.45) is 0 Å². The molecule has 2 heterocycles. The molecule has 1 atom stereocenters. The molecule has 0 spiro atoms. The summed E-state index contributed by atoms with van der Waals surface area (Å²) in [4.78, 5) is 12.8. The Morgan fingerprint density at radius 2 is 2.00 bits per heavy atom. The molecule has 2 aromatic heterocycles. The molecule has 0 saturated heterocycles. The van der Waals surface area contributed by atoms with Crippen LogP contribution in [0.5, 0.6) is 0 Å². The molecule has 5 nitrogen and oxygen atoms in total. The fourth-order valence-electron chi connectivity index (χ4n) is 2.89. The van der Waals surface area contributed by atoms with Gasteiger partial charge in [0.25, 0.3) is 0 Å². The van der Waals surface area contributed by atoms with E-state index in [1.54, 1.807) is 11.3 Å². The van der Waals surface area contributed by atoms with Crippen LogP contribution in [0.2, 0.25) is 0 Å². The van der Waals surface area contributed by atoms with Gasteiger partial charge in [-0.15, -0.1) is 11.3 Å². The van der Waals surface area contributed by atoms with E-state index in [1.807, 2.05) is 6.07 Å². The highest BCUT2D eigenvalue weighted by Crippen LogP contribution is 2.39. The monoisotopic (exact) mass is 354 g/mol. The number of rotatable bonds is 6. The zero-order valence-corrected chi connectivity index (χ0v) is 15.6. The van der Waals surface area contributed by atoms with Crippen molar-refractivity contribution in [3.05, 3.63) is 52.6 Å². The van der Waals surface area contributed by atoms with Crippen molar-refractivity contribution in [3.63, 3.8) is 0 Å². The summed E-state index contributed by atoms with van der Waals surface area (Å²) in [6.07, 6.45) is 2.35. The first-order valence-electron chi connectivity index (χ1n) is 8.67. The van der Waals surface area contributed by atoms with Gasteiger partial charge in [0, 0.05) is 22.4 Å². The summed E-state index contributed by atoms with van der Waals surface area (Å²) in [5.41, 5.74) is 2.26. The molecule has 4 rings (SSSR count). The molecule has 0 aliphatic heterocycles. The first-order chi connectivity index (χ1) is 12.1. The maximum atomic E-state index is 5.36. The summed E-state index contributed by atoms with van der Waals surface area (Å²) in [5.74, 6) is 2.07. The smallest absolute Gasteiger partial charge is 0.229 e. The van der Waals surface area contributed by atoms with E-state index in [0.717, 1.165) is 22.4 Å². The van der Waals surface area contributed by atoms with E-state index >= 15 is 0 Å². The van der Waals surface area contributed by atoms with E-state index in [2.05, 4.69) is 60.2 Å². The Hall–Kier alpha value is -2.05. The third-order valence-corrected chi connectivity index (χ3v) is 6.07. The molecule has 130 valence electrons. The minimum absolute atomic E-state index is 0.248. The molecular formula is C19H22N4OS. The zero-order valence-electron chi connectivity index (χ0n) is 14.8. The van der Waals surface area contributed by atoms with Crippen molar-refractivity contribution in [3.8, 4) is 10.6 Å². The van der Waals surface area contributed by atoms with Crippen molar-refractivity contribution < 1.29 is 4.52 Å². The third kappa shape index (κ3) is 3.50. The lowest BCUT2D eigenvalue weighted by molar-refractivity contribution is 0.244. The Morgan fingerprint density at radius 1 is 1.24 bits per heavy atom.